The molecule has 0 spiro atoms. The highest BCUT2D eigenvalue weighted by atomic mass is 32.2. The predicted molar refractivity (Wildman–Crippen MR) is 122 cm³/mol. The molecule has 0 unspecified atom stereocenters. The van der Waals surface area contributed by atoms with E-state index in [0.29, 0.717) is 0 Å². The lowest BCUT2D eigenvalue weighted by Gasteiger charge is -2.30. The van der Waals surface area contributed by atoms with Gasteiger partial charge in [0, 0.05) is 25.0 Å². The summed E-state index contributed by atoms with van der Waals surface area (Å²) in [7, 11) is -4.03. The van der Waals surface area contributed by atoms with Crippen LogP contribution in [0.4, 0.5) is 0 Å². The first-order valence-electron chi connectivity index (χ1n) is 10.9. The zero-order valence-corrected chi connectivity index (χ0v) is 20.8. The van der Waals surface area contributed by atoms with Gasteiger partial charge in [-0.3, -0.25) is 9.59 Å². The Hall–Kier alpha value is -1.97. The largest absolute Gasteiger partial charge is 0.454 e. The molecule has 0 aliphatic carbocycles. The van der Waals surface area contributed by atoms with Crippen molar-refractivity contribution in [1.29, 1.82) is 0 Å². The Bertz CT molecular complexity index is 911. The Labute approximate surface area is 191 Å². The van der Waals surface area contributed by atoms with Gasteiger partial charge in [-0.2, -0.15) is 4.31 Å². The number of carbonyl (C=O) groups is 2. The number of carbonyl (C=O) groups excluding carboxylic acids is 2. The zero-order chi connectivity index (χ0) is 24.4. The summed E-state index contributed by atoms with van der Waals surface area (Å²) in [5.41, 5.74) is 0.845. The molecule has 1 N–H and O–H groups in total. The van der Waals surface area contributed by atoms with Crippen molar-refractivity contribution in [3.8, 4) is 0 Å². The molecule has 0 radical (unpaired) electrons. The number of hydrogen-bond acceptors (Lipinski definition) is 6. The number of nitrogens with zero attached hydrogens (tertiary/aromatic N) is 2. The number of aliphatic hydroxyl groups excluding tert-OH is 1. The SMILES string of the molecule is CC(C)N(C(=O)COC(=O)[C@@H]1C[C@H](O)CN1S(=O)(=O)c1ccc(C(C)(C)C)cc1)C(C)C. The molecule has 0 bridgehead atoms. The minimum atomic E-state index is -4.03. The van der Waals surface area contributed by atoms with E-state index >= 15 is 0 Å². The number of rotatable bonds is 7. The van der Waals surface area contributed by atoms with Gasteiger partial charge in [-0.15, -0.1) is 0 Å². The average Bonchev–Trinajstić information content (AvgIpc) is 3.07. The van der Waals surface area contributed by atoms with Gasteiger partial charge in [-0.25, -0.2) is 8.42 Å². The summed E-state index contributed by atoms with van der Waals surface area (Å²) in [6, 6.07) is 5.20. The van der Waals surface area contributed by atoms with Crippen LogP contribution in [-0.4, -0.2) is 72.0 Å². The molecule has 1 aliphatic rings. The minimum Gasteiger partial charge on any atom is -0.454 e. The number of aliphatic hydroxyl groups is 1. The first-order valence-corrected chi connectivity index (χ1v) is 12.4. The first-order chi connectivity index (χ1) is 14.7. The van der Waals surface area contributed by atoms with E-state index in [1.54, 1.807) is 17.0 Å². The van der Waals surface area contributed by atoms with Crippen molar-refractivity contribution in [2.75, 3.05) is 13.2 Å². The molecule has 9 heteroatoms. The van der Waals surface area contributed by atoms with Crippen molar-refractivity contribution in [2.45, 2.75) is 89.4 Å². The molecule has 1 aromatic rings. The van der Waals surface area contributed by atoms with Crippen LogP contribution in [0.1, 0.15) is 60.5 Å². The van der Waals surface area contributed by atoms with Gasteiger partial charge in [-0.05, 0) is 50.8 Å². The number of esters is 1. The van der Waals surface area contributed by atoms with Crippen molar-refractivity contribution in [3.63, 3.8) is 0 Å². The molecule has 180 valence electrons. The molecule has 1 amide bonds. The maximum absolute atomic E-state index is 13.2. The molecule has 1 fully saturated rings. The monoisotopic (exact) mass is 468 g/mol. The molecule has 2 rings (SSSR count). The van der Waals surface area contributed by atoms with Crippen LogP contribution in [0, 0.1) is 0 Å². The molecule has 0 aromatic heterocycles. The number of benzene rings is 1. The molecule has 1 aliphatic heterocycles. The highest BCUT2D eigenvalue weighted by Gasteiger charge is 2.44. The van der Waals surface area contributed by atoms with Crippen LogP contribution >= 0.6 is 0 Å². The molecule has 0 saturated carbocycles. The number of ether oxygens (including phenoxy) is 1. The molecule has 1 aromatic carbocycles. The third kappa shape index (κ3) is 5.88. The topological polar surface area (TPSA) is 104 Å². The summed E-state index contributed by atoms with van der Waals surface area (Å²) in [5.74, 6) is -1.19. The Morgan fingerprint density at radius 3 is 2.12 bits per heavy atom. The van der Waals surface area contributed by atoms with Crippen LogP contribution in [0.2, 0.25) is 0 Å². The maximum Gasteiger partial charge on any atom is 0.325 e. The highest BCUT2D eigenvalue weighted by molar-refractivity contribution is 7.89. The average molecular weight is 469 g/mol. The normalized spacial score (nSPS) is 20.1. The van der Waals surface area contributed by atoms with E-state index in [4.69, 9.17) is 4.74 Å². The lowest BCUT2D eigenvalue weighted by molar-refractivity contribution is -0.156. The van der Waals surface area contributed by atoms with Crippen LogP contribution in [0.3, 0.4) is 0 Å². The van der Waals surface area contributed by atoms with E-state index in [1.807, 2.05) is 48.5 Å². The number of sulfonamides is 1. The second-order valence-corrected chi connectivity index (χ2v) is 11.7. The van der Waals surface area contributed by atoms with E-state index < -0.39 is 34.7 Å². The number of β-amino-alcohol motifs (C(OH)–C–C–N with tert-alkyl or cyclic N) is 1. The smallest absolute Gasteiger partial charge is 0.325 e. The summed E-state index contributed by atoms with van der Waals surface area (Å²) in [6.45, 7) is 12.9. The fraction of sp³-hybridized carbons (Fsp3) is 0.652. The second-order valence-electron chi connectivity index (χ2n) is 9.85. The Kier molecular flexibility index (Phi) is 8.12. The summed E-state index contributed by atoms with van der Waals surface area (Å²) in [6.07, 6.45) is -1.07. The molecule has 1 saturated heterocycles. The van der Waals surface area contributed by atoms with E-state index in [2.05, 4.69) is 0 Å². The number of hydrogen-bond donors (Lipinski definition) is 1. The van der Waals surface area contributed by atoms with Crippen molar-refractivity contribution in [1.82, 2.24) is 9.21 Å². The Morgan fingerprint density at radius 2 is 1.66 bits per heavy atom. The van der Waals surface area contributed by atoms with Gasteiger partial charge in [0.25, 0.3) is 5.91 Å². The fourth-order valence-corrected chi connectivity index (χ4v) is 5.63. The van der Waals surface area contributed by atoms with Crippen molar-refractivity contribution >= 4 is 21.9 Å². The third-order valence-corrected chi connectivity index (χ3v) is 7.46. The summed E-state index contributed by atoms with van der Waals surface area (Å²) < 4.78 is 32.6. The van der Waals surface area contributed by atoms with E-state index in [0.717, 1.165) is 9.87 Å². The molecule has 2 atom stereocenters. The van der Waals surface area contributed by atoms with Gasteiger partial charge < -0.3 is 14.7 Å². The van der Waals surface area contributed by atoms with Gasteiger partial charge in [0.05, 0.1) is 11.0 Å². The highest BCUT2D eigenvalue weighted by Crippen LogP contribution is 2.29. The lowest BCUT2D eigenvalue weighted by atomic mass is 9.87. The fourth-order valence-electron chi connectivity index (χ4n) is 4.00. The van der Waals surface area contributed by atoms with Crippen LogP contribution < -0.4 is 0 Å². The van der Waals surface area contributed by atoms with E-state index in [9.17, 15) is 23.1 Å². The van der Waals surface area contributed by atoms with Crippen LogP contribution in [0.5, 0.6) is 0 Å². The summed E-state index contributed by atoms with van der Waals surface area (Å²) in [5, 5.41) is 10.1. The van der Waals surface area contributed by atoms with Crippen LogP contribution in [0.25, 0.3) is 0 Å². The standard InChI is InChI=1S/C23H36N2O6S/c1-15(2)25(16(3)4)21(27)14-31-22(28)20-12-18(26)13-24(20)32(29,30)19-10-8-17(9-11-19)23(5,6)7/h8-11,15-16,18,20,26H,12-14H2,1-7H3/t18-,20-/m0/s1. The molecule has 32 heavy (non-hydrogen) atoms. The molecule has 8 nitrogen and oxygen atoms in total. The maximum atomic E-state index is 13.2. The summed E-state index contributed by atoms with van der Waals surface area (Å²) >= 11 is 0. The van der Waals surface area contributed by atoms with Crippen molar-refractivity contribution < 1.29 is 27.9 Å². The van der Waals surface area contributed by atoms with Crippen LogP contribution in [0.15, 0.2) is 29.2 Å². The van der Waals surface area contributed by atoms with Crippen molar-refractivity contribution in [3.05, 3.63) is 29.8 Å². The molecule has 1 heterocycles. The second kappa shape index (κ2) is 9.89. The van der Waals surface area contributed by atoms with E-state index in [-0.39, 0.29) is 41.3 Å². The zero-order valence-electron chi connectivity index (χ0n) is 20.0. The van der Waals surface area contributed by atoms with E-state index in [1.165, 1.54) is 12.1 Å². The van der Waals surface area contributed by atoms with Crippen molar-refractivity contribution in [2.24, 2.45) is 0 Å². The molecular weight excluding hydrogens is 432 g/mol. The summed E-state index contributed by atoms with van der Waals surface area (Å²) in [4.78, 5) is 26.9. The van der Waals surface area contributed by atoms with Crippen LogP contribution in [-0.2, 0) is 29.8 Å². The quantitative estimate of drug-likeness (QED) is 0.616. The Balaban J connectivity index is 2.18. The Morgan fingerprint density at radius 1 is 1.12 bits per heavy atom. The predicted octanol–water partition coefficient (Wildman–Crippen LogP) is 2.30. The lowest BCUT2D eigenvalue weighted by Crippen LogP contribution is -2.46. The minimum absolute atomic E-state index is 0.0410. The van der Waals surface area contributed by atoms with Gasteiger partial charge >= 0.3 is 5.97 Å². The van der Waals surface area contributed by atoms with Gasteiger partial charge in [0.15, 0.2) is 6.61 Å². The third-order valence-electron chi connectivity index (χ3n) is 5.57. The van der Waals surface area contributed by atoms with Gasteiger partial charge in [0.2, 0.25) is 10.0 Å². The first kappa shape index (κ1) is 26.3. The van der Waals surface area contributed by atoms with Gasteiger partial charge in [0.1, 0.15) is 6.04 Å². The molecular formula is C23H36N2O6S. The number of amides is 1. The van der Waals surface area contributed by atoms with Gasteiger partial charge in [-0.1, -0.05) is 32.9 Å².